The van der Waals surface area contributed by atoms with Crippen LogP contribution >= 0.6 is 12.6 Å². The number of likely N-dealkylation sites (tertiary alicyclic amines) is 1. The first-order valence-electron chi connectivity index (χ1n) is 8.41. The Balaban J connectivity index is 2.03. The zero-order chi connectivity index (χ0) is 13.9. The molecule has 1 nitrogen and oxygen atoms in total. The van der Waals surface area contributed by atoms with Crippen LogP contribution in [-0.4, -0.2) is 29.8 Å². The molecule has 2 heteroatoms. The van der Waals surface area contributed by atoms with Gasteiger partial charge in [0, 0.05) is 19.1 Å². The molecule has 1 saturated heterocycles. The molecule has 1 heterocycles. The Bertz CT molecular complexity index is 270. The molecule has 2 fully saturated rings. The van der Waals surface area contributed by atoms with Crippen LogP contribution in [0.1, 0.15) is 65.7 Å². The zero-order valence-corrected chi connectivity index (χ0v) is 14.1. The molecule has 0 aromatic carbocycles. The Morgan fingerprint density at radius 3 is 2.26 bits per heavy atom. The third kappa shape index (κ3) is 3.91. The minimum absolute atomic E-state index is 0.505. The lowest BCUT2D eigenvalue weighted by atomic mass is 9.79. The summed E-state index contributed by atoms with van der Waals surface area (Å²) in [5.41, 5.74) is 0.505. The van der Waals surface area contributed by atoms with E-state index in [9.17, 15) is 0 Å². The van der Waals surface area contributed by atoms with Crippen LogP contribution in [0.15, 0.2) is 0 Å². The van der Waals surface area contributed by atoms with Crippen molar-refractivity contribution in [2.45, 2.75) is 71.8 Å². The van der Waals surface area contributed by atoms with Gasteiger partial charge in [0.25, 0.3) is 0 Å². The van der Waals surface area contributed by atoms with Crippen LogP contribution in [0.2, 0.25) is 0 Å². The van der Waals surface area contributed by atoms with Crippen LogP contribution in [-0.2, 0) is 0 Å². The van der Waals surface area contributed by atoms with E-state index in [1.165, 1.54) is 58.0 Å². The molecule has 0 N–H and O–H groups in total. The van der Waals surface area contributed by atoms with Crippen LogP contribution in [0.5, 0.6) is 0 Å². The second kappa shape index (κ2) is 6.85. The van der Waals surface area contributed by atoms with Gasteiger partial charge in [-0.15, -0.1) is 0 Å². The van der Waals surface area contributed by atoms with Gasteiger partial charge in [-0.25, -0.2) is 0 Å². The van der Waals surface area contributed by atoms with Crippen molar-refractivity contribution in [2.24, 2.45) is 17.3 Å². The highest BCUT2D eigenvalue weighted by molar-refractivity contribution is 7.80. The maximum absolute atomic E-state index is 4.74. The van der Waals surface area contributed by atoms with Gasteiger partial charge in [0.2, 0.25) is 0 Å². The van der Waals surface area contributed by atoms with E-state index in [2.05, 4.69) is 25.7 Å². The lowest BCUT2D eigenvalue weighted by Gasteiger charge is -2.46. The monoisotopic (exact) mass is 283 g/mol. The van der Waals surface area contributed by atoms with E-state index < -0.39 is 0 Å². The molecule has 19 heavy (non-hydrogen) atoms. The van der Waals surface area contributed by atoms with Gasteiger partial charge in [0.05, 0.1) is 0 Å². The van der Waals surface area contributed by atoms with Crippen molar-refractivity contribution in [3.05, 3.63) is 0 Å². The maximum atomic E-state index is 4.74. The van der Waals surface area contributed by atoms with Crippen molar-refractivity contribution in [1.82, 2.24) is 4.90 Å². The average molecular weight is 284 g/mol. The first-order valence-corrected chi connectivity index (χ1v) is 9.04. The second-order valence-corrected chi connectivity index (χ2v) is 7.88. The van der Waals surface area contributed by atoms with E-state index in [0.717, 1.165) is 23.6 Å². The van der Waals surface area contributed by atoms with Gasteiger partial charge >= 0.3 is 0 Å². The van der Waals surface area contributed by atoms with Crippen molar-refractivity contribution in [3.8, 4) is 0 Å². The Morgan fingerprint density at radius 1 is 1.05 bits per heavy atom. The molecule has 1 aliphatic heterocycles. The topological polar surface area (TPSA) is 3.24 Å². The highest BCUT2D eigenvalue weighted by Crippen LogP contribution is 2.39. The summed E-state index contributed by atoms with van der Waals surface area (Å²) < 4.78 is 0. The molecule has 1 saturated carbocycles. The predicted octanol–water partition coefficient (Wildman–Crippen LogP) is 4.62. The van der Waals surface area contributed by atoms with Gasteiger partial charge in [-0.2, -0.15) is 12.6 Å². The highest BCUT2D eigenvalue weighted by atomic mass is 32.1. The third-order valence-corrected chi connectivity index (χ3v) is 6.43. The molecule has 2 rings (SSSR count). The van der Waals surface area contributed by atoms with Crippen LogP contribution in [0.3, 0.4) is 0 Å². The molecule has 3 unspecified atom stereocenters. The first-order chi connectivity index (χ1) is 9.06. The summed E-state index contributed by atoms with van der Waals surface area (Å²) in [6, 6.07) is 0.760. The van der Waals surface area contributed by atoms with Gasteiger partial charge in [-0.1, -0.05) is 39.5 Å². The SMILES string of the molecule is CC1CC(C)C(C)N(CC2(CS)CCCCCC2)C1. The van der Waals surface area contributed by atoms with Crippen LogP contribution in [0, 0.1) is 17.3 Å². The fourth-order valence-corrected chi connectivity index (χ4v) is 4.73. The fourth-order valence-electron chi connectivity index (χ4n) is 4.32. The maximum Gasteiger partial charge on any atom is 0.00930 e. The number of nitrogens with zero attached hydrogens (tertiary/aromatic N) is 1. The third-order valence-electron chi connectivity index (χ3n) is 5.76. The van der Waals surface area contributed by atoms with E-state index in [1.807, 2.05) is 0 Å². The van der Waals surface area contributed by atoms with Crippen LogP contribution < -0.4 is 0 Å². The lowest BCUT2D eigenvalue weighted by Crippen LogP contribution is -2.50. The van der Waals surface area contributed by atoms with E-state index in [4.69, 9.17) is 12.6 Å². The van der Waals surface area contributed by atoms with E-state index in [1.54, 1.807) is 0 Å². The summed E-state index contributed by atoms with van der Waals surface area (Å²) in [7, 11) is 0. The van der Waals surface area contributed by atoms with Gasteiger partial charge < -0.3 is 0 Å². The van der Waals surface area contributed by atoms with Crippen molar-refractivity contribution in [1.29, 1.82) is 0 Å². The van der Waals surface area contributed by atoms with Crippen molar-refractivity contribution in [3.63, 3.8) is 0 Å². The lowest BCUT2D eigenvalue weighted by molar-refractivity contribution is 0.0377. The summed E-state index contributed by atoms with van der Waals surface area (Å²) in [6.07, 6.45) is 9.95. The van der Waals surface area contributed by atoms with E-state index in [0.29, 0.717) is 5.41 Å². The van der Waals surface area contributed by atoms with E-state index in [-0.39, 0.29) is 0 Å². The van der Waals surface area contributed by atoms with Gasteiger partial charge in [0.15, 0.2) is 0 Å². The molecule has 0 aromatic rings. The molecule has 112 valence electrons. The van der Waals surface area contributed by atoms with E-state index >= 15 is 0 Å². The molecular formula is C17H33NS. The van der Waals surface area contributed by atoms with Gasteiger partial charge in [-0.3, -0.25) is 4.90 Å². The molecule has 0 radical (unpaired) electrons. The molecule has 0 spiro atoms. The number of hydrogen-bond acceptors (Lipinski definition) is 2. The predicted molar refractivity (Wildman–Crippen MR) is 88.0 cm³/mol. The highest BCUT2D eigenvalue weighted by Gasteiger charge is 2.36. The number of thiol groups is 1. The molecule has 1 aliphatic carbocycles. The Hall–Kier alpha value is 0.310. The minimum Gasteiger partial charge on any atom is -0.300 e. The van der Waals surface area contributed by atoms with Crippen molar-refractivity contribution >= 4 is 12.6 Å². The number of rotatable bonds is 3. The standard InChI is InChI=1S/C17H33NS/c1-14-10-15(2)16(3)18(11-14)12-17(13-19)8-6-4-5-7-9-17/h14-16,19H,4-13H2,1-3H3. The quantitative estimate of drug-likeness (QED) is 0.584. The summed E-state index contributed by atoms with van der Waals surface area (Å²) >= 11 is 4.74. The molecule has 3 atom stereocenters. The largest absolute Gasteiger partial charge is 0.300 e. The summed E-state index contributed by atoms with van der Waals surface area (Å²) in [4.78, 5) is 2.79. The summed E-state index contributed by atoms with van der Waals surface area (Å²) in [6.45, 7) is 9.91. The van der Waals surface area contributed by atoms with Gasteiger partial charge in [-0.05, 0) is 49.2 Å². The minimum atomic E-state index is 0.505. The smallest absolute Gasteiger partial charge is 0.00930 e. The molecular weight excluding hydrogens is 250 g/mol. The first kappa shape index (κ1) is 15.7. The van der Waals surface area contributed by atoms with Crippen LogP contribution in [0.4, 0.5) is 0 Å². The van der Waals surface area contributed by atoms with Crippen LogP contribution in [0.25, 0.3) is 0 Å². The Kier molecular flexibility index (Phi) is 5.65. The molecule has 2 aliphatic rings. The van der Waals surface area contributed by atoms with Crippen molar-refractivity contribution < 1.29 is 0 Å². The second-order valence-electron chi connectivity index (χ2n) is 7.56. The summed E-state index contributed by atoms with van der Waals surface area (Å²) in [5, 5.41) is 0. The zero-order valence-electron chi connectivity index (χ0n) is 13.2. The average Bonchev–Trinajstić information content (AvgIpc) is 2.61. The summed E-state index contributed by atoms with van der Waals surface area (Å²) in [5.74, 6) is 2.80. The fraction of sp³-hybridized carbons (Fsp3) is 1.00. The molecule has 0 aromatic heterocycles. The normalized spacial score (nSPS) is 36.9. The molecule has 0 amide bonds. The number of piperidine rings is 1. The number of hydrogen-bond donors (Lipinski definition) is 1. The molecule has 0 bridgehead atoms. The Morgan fingerprint density at radius 2 is 1.68 bits per heavy atom. The van der Waals surface area contributed by atoms with Crippen molar-refractivity contribution in [2.75, 3.05) is 18.8 Å². The Labute approximate surface area is 125 Å². The van der Waals surface area contributed by atoms with Gasteiger partial charge in [0.1, 0.15) is 0 Å².